The fourth-order valence-corrected chi connectivity index (χ4v) is 3.06. The molecule has 5 heteroatoms. The third-order valence-electron chi connectivity index (χ3n) is 2.58. The van der Waals surface area contributed by atoms with Crippen molar-refractivity contribution < 1.29 is 10.2 Å². The number of fused-ring (bicyclic) bond motifs is 1. The lowest BCUT2D eigenvalue weighted by Gasteiger charge is -2.02. The maximum absolute atomic E-state index is 9.81. The second-order valence-electron chi connectivity index (χ2n) is 3.80. The topological polar surface area (TPSA) is 53.4 Å². The highest BCUT2D eigenvalue weighted by molar-refractivity contribution is 7.21. The van der Waals surface area contributed by atoms with Crippen LogP contribution in [0.15, 0.2) is 36.4 Å². The molecule has 0 radical (unpaired) electrons. The summed E-state index contributed by atoms with van der Waals surface area (Å²) in [6.07, 6.45) is 0. The molecule has 2 N–H and O–H groups in total. The lowest BCUT2D eigenvalue weighted by molar-refractivity contribution is 0.454. The van der Waals surface area contributed by atoms with Crippen molar-refractivity contribution in [1.82, 2.24) is 4.98 Å². The number of hydrogen-bond acceptors (Lipinski definition) is 4. The van der Waals surface area contributed by atoms with Crippen LogP contribution >= 0.6 is 22.9 Å². The lowest BCUT2D eigenvalue weighted by Crippen LogP contribution is -1.78. The van der Waals surface area contributed by atoms with Crippen molar-refractivity contribution in [2.75, 3.05) is 0 Å². The Balaban J connectivity index is 2.26. The zero-order valence-corrected chi connectivity index (χ0v) is 10.7. The highest BCUT2D eigenvalue weighted by Gasteiger charge is 2.14. The van der Waals surface area contributed by atoms with Gasteiger partial charge in [-0.2, -0.15) is 0 Å². The molecular weight excluding hydrogens is 270 g/mol. The van der Waals surface area contributed by atoms with Gasteiger partial charge in [-0.25, -0.2) is 4.98 Å². The molecule has 0 amide bonds. The van der Waals surface area contributed by atoms with Gasteiger partial charge in [-0.1, -0.05) is 17.7 Å². The number of rotatable bonds is 1. The molecule has 0 atom stereocenters. The van der Waals surface area contributed by atoms with Gasteiger partial charge in [-0.15, -0.1) is 11.3 Å². The molecule has 1 heterocycles. The number of thiazole rings is 1. The summed E-state index contributed by atoms with van der Waals surface area (Å²) in [6.45, 7) is 0. The van der Waals surface area contributed by atoms with Gasteiger partial charge >= 0.3 is 0 Å². The predicted octanol–water partition coefficient (Wildman–Crippen LogP) is 4.03. The van der Waals surface area contributed by atoms with E-state index in [0.717, 1.165) is 10.2 Å². The van der Waals surface area contributed by atoms with Crippen LogP contribution in [0.25, 0.3) is 20.8 Å². The third-order valence-corrected chi connectivity index (χ3v) is 3.86. The molecule has 0 aliphatic carbocycles. The fourth-order valence-electron chi connectivity index (χ4n) is 1.75. The van der Waals surface area contributed by atoms with E-state index in [0.29, 0.717) is 15.6 Å². The molecule has 18 heavy (non-hydrogen) atoms. The quantitative estimate of drug-likeness (QED) is 0.706. The minimum absolute atomic E-state index is 0.0140. The minimum atomic E-state index is 0.0140. The van der Waals surface area contributed by atoms with Crippen LogP contribution < -0.4 is 0 Å². The lowest BCUT2D eigenvalue weighted by atomic mass is 10.2. The van der Waals surface area contributed by atoms with E-state index in [-0.39, 0.29) is 11.5 Å². The zero-order chi connectivity index (χ0) is 12.7. The molecule has 0 fully saturated rings. The summed E-state index contributed by atoms with van der Waals surface area (Å²) in [7, 11) is 0. The fraction of sp³-hybridized carbons (Fsp3) is 0. The molecule has 3 nitrogen and oxygen atoms in total. The van der Waals surface area contributed by atoms with Crippen LogP contribution in [-0.2, 0) is 0 Å². The summed E-state index contributed by atoms with van der Waals surface area (Å²) in [6, 6.07) is 10.0. The van der Waals surface area contributed by atoms with Crippen LogP contribution in [0.1, 0.15) is 0 Å². The van der Waals surface area contributed by atoms with Gasteiger partial charge in [-0.3, -0.25) is 0 Å². The van der Waals surface area contributed by atoms with E-state index in [1.807, 2.05) is 12.1 Å². The van der Waals surface area contributed by atoms with Crippen LogP contribution in [-0.4, -0.2) is 15.2 Å². The molecule has 0 aliphatic rings. The van der Waals surface area contributed by atoms with Crippen LogP contribution in [0.5, 0.6) is 11.5 Å². The van der Waals surface area contributed by atoms with Gasteiger partial charge in [-0.05, 0) is 30.3 Å². The Morgan fingerprint density at radius 1 is 1.06 bits per heavy atom. The van der Waals surface area contributed by atoms with Crippen molar-refractivity contribution in [1.29, 1.82) is 0 Å². The van der Waals surface area contributed by atoms with Crippen molar-refractivity contribution in [2.45, 2.75) is 0 Å². The molecule has 0 bridgehead atoms. The Bertz CT molecular complexity index is 719. The molecule has 2 aromatic carbocycles. The van der Waals surface area contributed by atoms with Gasteiger partial charge < -0.3 is 10.2 Å². The molecule has 90 valence electrons. The smallest absolute Gasteiger partial charge is 0.132 e. The Hall–Kier alpha value is -1.78. The Morgan fingerprint density at radius 3 is 2.50 bits per heavy atom. The Kier molecular flexibility index (Phi) is 2.61. The van der Waals surface area contributed by atoms with Crippen molar-refractivity contribution in [3.63, 3.8) is 0 Å². The number of aromatic nitrogens is 1. The molecule has 0 saturated carbocycles. The number of phenols is 2. The second kappa shape index (κ2) is 4.15. The number of halogens is 1. The standard InChI is InChI=1S/C13H8ClNO2S/c14-7-4-5-8-11(6-7)18-13(15-8)12-9(16)2-1-3-10(12)17/h1-6,16-17H. The number of nitrogens with zero attached hydrogens (tertiary/aromatic N) is 1. The summed E-state index contributed by atoms with van der Waals surface area (Å²) in [5.74, 6) is 0.0281. The van der Waals surface area contributed by atoms with Gasteiger partial charge in [0, 0.05) is 5.02 Å². The number of benzene rings is 2. The molecular formula is C13H8ClNO2S. The number of aromatic hydroxyl groups is 2. The maximum Gasteiger partial charge on any atom is 0.132 e. The van der Waals surface area contributed by atoms with Crippen molar-refractivity contribution in [2.24, 2.45) is 0 Å². The highest BCUT2D eigenvalue weighted by Crippen LogP contribution is 2.40. The highest BCUT2D eigenvalue weighted by atomic mass is 35.5. The first kappa shape index (κ1) is 11.3. The summed E-state index contributed by atoms with van der Waals surface area (Å²) in [5, 5.41) is 20.8. The summed E-state index contributed by atoms with van der Waals surface area (Å²) in [4.78, 5) is 4.39. The summed E-state index contributed by atoms with van der Waals surface area (Å²) < 4.78 is 0.917. The van der Waals surface area contributed by atoms with Crippen LogP contribution in [0, 0.1) is 0 Å². The first-order valence-corrected chi connectivity index (χ1v) is 6.42. The average Bonchev–Trinajstić information content (AvgIpc) is 2.71. The summed E-state index contributed by atoms with van der Waals surface area (Å²) in [5.41, 5.74) is 1.15. The number of phenolic OH excluding ortho intramolecular Hbond substituents is 2. The maximum atomic E-state index is 9.81. The first-order chi connectivity index (χ1) is 8.65. The zero-order valence-electron chi connectivity index (χ0n) is 9.09. The molecule has 0 aliphatic heterocycles. The van der Waals surface area contributed by atoms with Crippen molar-refractivity contribution >= 4 is 33.2 Å². The van der Waals surface area contributed by atoms with E-state index in [1.54, 1.807) is 12.1 Å². The molecule has 1 aromatic heterocycles. The van der Waals surface area contributed by atoms with Crippen molar-refractivity contribution in [3.8, 4) is 22.1 Å². The SMILES string of the molecule is Oc1cccc(O)c1-c1nc2ccc(Cl)cc2s1. The van der Waals surface area contributed by atoms with E-state index in [2.05, 4.69) is 4.98 Å². The molecule has 0 spiro atoms. The number of hydrogen-bond donors (Lipinski definition) is 2. The van der Waals surface area contributed by atoms with Gasteiger partial charge in [0.05, 0.1) is 15.8 Å². The molecule has 0 saturated heterocycles. The third kappa shape index (κ3) is 1.79. The van der Waals surface area contributed by atoms with Gasteiger partial charge in [0.2, 0.25) is 0 Å². The average molecular weight is 278 g/mol. The molecule has 0 unspecified atom stereocenters. The van der Waals surface area contributed by atoms with E-state index in [9.17, 15) is 10.2 Å². The molecule has 3 aromatic rings. The van der Waals surface area contributed by atoms with Gasteiger partial charge in [0.25, 0.3) is 0 Å². The van der Waals surface area contributed by atoms with Crippen LogP contribution in [0.3, 0.4) is 0 Å². The van der Waals surface area contributed by atoms with Gasteiger partial charge in [0.15, 0.2) is 0 Å². The normalized spacial score (nSPS) is 10.9. The summed E-state index contributed by atoms with van der Waals surface area (Å²) >= 11 is 7.29. The second-order valence-corrected chi connectivity index (χ2v) is 5.27. The molecule has 3 rings (SSSR count). The predicted molar refractivity (Wildman–Crippen MR) is 73.4 cm³/mol. The van der Waals surface area contributed by atoms with E-state index >= 15 is 0 Å². The Morgan fingerprint density at radius 2 is 1.78 bits per heavy atom. The van der Waals surface area contributed by atoms with Crippen molar-refractivity contribution in [3.05, 3.63) is 41.4 Å². The van der Waals surface area contributed by atoms with E-state index < -0.39 is 0 Å². The van der Waals surface area contributed by atoms with Crippen LogP contribution in [0.4, 0.5) is 0 Å². The minimum Gasteiger partial charge on any atom is -0.507 e. The van der Waals surface area contributed by atoms with E-state index in [1.165, 1.54) is 23.5 Å². The Labute approximate surface area is 112 Å². The largest absolute Gasteiger partial charge is 0.507 e. The van der Waals surface area contributed by atoms with Crippen LogP contribution in [0.2, 0.25) is 5.02 Å². The van der Waals surface area contributed by atoms with E-state index in [4.69, 9.17) is 11.6 Å². The van der Waals surface area contributed by atoms with Gasteiger partial charge in [0.1, 0.15) is 16.5 Å². The monoisotopic (exact) mass is 277 g/mol. The first-order valence-electron chi connectivity index (χ1n) is 5.22.